The maximum Gasteiger partial charge on any atom is 0.167 e. The summed E-state index contributed by atoms with van der Waals surface area (Å²) in [4.78, 5) is 12.1. The average Bonchev–Trinajstić information content (AvgIpc) is 2.34. The molecule has 0 spiro atoms. The van der Waals surface area contributed by atoms with Gasteiger partial charge in [-0.1, -0.05) is 6.92 Å². The first-order valence-corrected chi connectivity index (χ1v) is 5.56. The Bertz CT molecular complexity index is 390. The lowest BCUT2D eigenvalue weighted by Gasteiger charge is -2.12. The second kappa shape index (κ2) is 6.25. The van der Waals surface area contributed by atoms with Crippen LogP contribution < -0.4 is 10.5 Å². The predicted octanol–water partition coefficient (Wildman–Crippen LogP) is 2.13. The van der Waals surface area contributed by atoms with E-state index in [0.717, 1.165) is 0 Å². The van der Waals surface area contributed by atoms with Gasteiger partial charge in [-0.25, -0.2) is 0 Å². The fourth-order valence-corrected chi connectivity index (χ4v) is 1.58. The van der Waals surface area contributed by atoms with E-state index in [0.29, 0.717) is 30.0 Å². The van der Waals surface area contributed by atoms with Crippen LogP contribution >= 0.6 is 0 Å². The Balaban J connectivity index is 2.81. The van der Waals surface area contributed by atoms with Crippen molar-refractivity contribution < 1.29 is 14.3 Å². The van der Waals surface area contributed by atoms with Gasteiger partial charge < -0.3 is 15.2 Å². The van der Waals surface area contributed by atoms with Crippen molar-refractivity contribution in [2.75, 3.05) is 26.6 Å². The van der Waals surface area contributed by atoms with E-state index in [-0.39, 0.29) is 11.7 Å². The molecule has 0 bridgehead atoms. The first-order chi connectivity index (χ1) is 8.10. The number of carbonyl (C=O) groups excluding carboxylic acids is 1. The average molecular weight is 237 g/mol. The first kappa shape index (κ1) is 13.5. The number of ether oxygens (including phenoxy) is 2. The van der Waals surface area contributed by atoms with Crippen LogP contribution in [0.4, 0.5) is 5.69 Å². The second-order valence-electron chi connectivity index (χ2n) is 4.00. The number of nitrogens with two attached hydrogens (primary N) is 1. The Kier molecular flexibility index (Phi) is 4.97. The van der Waals surface area contributed by atoms with Crippen LogP contribution in [0.15, 0.2) is 18.2 Å². The van der Waals surface area contributed by atoms with Gasteiger partial charge >= 0.3 is 0 Å². The second-order valence-corrected chi connectivity index (χ2v) is 4.00. The van der Waals surface area contributed by atoms with Crippen molar-refractivity contribution in [2.24, 2.45) is 5.92 Å². The lowest BCUT2D eigenvalue weighted by atomic mass is 9.95. The van der Waals surface area contributed by atoms with Crippen molar-refractivity contribution in [3.63, 3.8) is 0 Å². The molecule has 0 fully saturated rings. The van der Waals surface area contributed by atoms with E-state index in [1.165, 1.54) is 0 Å². The molecule has 1 atom stereocenters. The number of benzene rings is 1. The van der Waals surface area contributed by atoms with Crippen LogP contribution in [0.5, 0.6) is 5.75 Å². The molecule has 0 aromatic heterocycles. The minimum absolute atomic E-state index is 0.0437. The number of ketones is 1. The van der Waals surface area contributed by atoms with Gasteiger partial charge in [0.05, 0.1) is 7.11 Å². The highest BCUT2D eigenvalue weighted by Crippen LogP contribution is 2.23. The molecule has 0 saturated carbocycles. The Hall–Kier alpha value is -1.55. The molecule has 0 aliphatic rings. The number of rotatable bonds is 6. The number of hydrogen-bond donors (Lipinski definition) is 1. The zero-order valence-corrected chi connectivity index (χ0v) is 10.5. The van der Waals surface area contributed by atoms with Crippen molar-refractivity contribution in [3.8, 4) is 5.75 Å². The third-order valence-electron chi connectivity index (χ3n) is 2.73. The summed E-state index contributed by atoms with van der Waals surface area (Å²) < 4.78 is 10.0. The number of carbonyl (C=O) groups is 1. The highest BCUT2D eigenvalue weighted by atomic mass is 16.5. The highest BCUT2D eigenvalue weighted by Gasteiger charge is 2.17. The summed E-state index contributed by atoms with van der Waals surface area (Å²) in [5.74, 6) is 0.608. The molecule has 2 N–H and O–H groups in total. The van der Waals surface area contributed by atoms with Gasteiger partial charge in [0.25, 0.3) is 0 Å². The largest absolute Gasteiger partial charge is 0.497 e. The van der Waals surface area contributed by atoms with Crippen LogP contribution in [0.2, 0.25) is 0 Å². The third-order valence-corrected chi connectivity index (χ3v) is 2.73. The Morgan fingerprint density at radius 3 is 2.65 bits per heavy atom. The van der Waals surface area contributed by atoms with Crippen LogP contribution in [-0.2, 0) is 4.74 Å². The summed E-state index contributed by atoms with van der Waals surface area (Å²) in [6, 6.07) is 5.11. The molecule has 0 aliphatic carbocycles. The van der Waals surface area contributed by atoms with Gasteiger partial charge in [0.2, 0.25) is 0 Å². The van der Waals surface area contributed by atoms with E-state index in [9.17, 15) is 4.79 Å². The van der Waals surface area contributed by atoms with Crippen molar-refractivity contribution in [3.05, 3.63) is 23.8 Å². The van der Waals surface area contributed by atoms with Crippen LogP contribution in [0.3, 0.4) is 0 Å². The number of methoxy groups -OCH3 is 2. The van der Waals surface area contributed by atoms with Crippen molar-refractivity contribution in [1.29, 1.82) is 0 Å². The number of anilines is 1. The molecule has 4 heteroatoms. The summed E-state index contributed by atoms with van der Waals surface area (Å²) >= 11 is 0. The molecule has 0 radical (unpaired) electrons. The van der Waals surface area contributed by atoms with Crippen molar-refractivity contribution in [1.82, 2.24) is 0 Å². The minimum atomic E-state index is -0.0920. The molecule has 1 rings (SSSR count). The Morgan fingerprint density at radius 2 is 2.12 bits per heavy atom. The van der Waals surface area contributed by atoms with Gasteiger partial charge in [-0.05, 0) is 18.6 Å². The SMILES string of the molecule is COCCC(C)C(=O)c1ccc(OC)cc1N. The summed E-state index contributed by atoms with van der Waals surface area (Å²) in [6.45, 7) is 2.45. The molecule has 1 aromatic rings. The van der Waals surface area contributed by atoms with Crippen LogP contribution in [-0.4, -0.2) is 26.6 Å². The lowest BCUT2D eigenvalue weighted by Crippen LogP contribution is -2.15. The highest BCUT2D eigenvalue weighted by molar-refractivity contribution is 6.02. The van der Waals surface area contributed by atoms with Gasteiger partial charge in [-0.3, -0.25) is 4.79 Å². The van der Waals surface area contributed by atoms with E-state index in [4.69, 9.17) is 15.2 Å². The van der Waals surface area contributed by atoms with Gasteiger partial charge in [0.15, 0.2) is 5.78 Å². The quantitative estimate of drug-likeness (QED) is 0.608. The van der Waals surface area contributed by atoms with Crippen molar-refractivity contribution >= 4 is 11.5 Å². The predicted molar refractivity (Wildman–Crippen MR) is 67.4 cm³/mol. The zero-order valence-electron chi connectivity index (χ0n) is 10.5. The van der Waals surface area contributed by atoms with Gasteiger partial charge in [0.1, 0.15) is 5.75 Å². The monoisotopic (exact) mass is 237 g/mol. The fourth-order valence-electron chi connectivity index (χ4n) is 1.58. The van der Waals surface area contributed by atoms with Crippen LogP contribution in [0.1, 0.15) is 23.7 Å². The summed E-state index contributed by atoms with van der Waals surface area (Å²) in [6.07, 6.45) is 0.695. The van der Waals surface area contributed by atoms with Gasteiger partial charge in [-0.15, -0.1) is 0 Å². The van der Waals surface area contributed by atoms with Gasteiger partial charge in [-0.2, -0.15) is 0 Å². The maximum absolute atomic E-state index is 12.1. The molecular formula is C13H19NO3. The number of nitrogen functional groups attached to an aromatic ring is 1. The molecule has 4 nitrogen and oxygen atoms in total. The minimum Gasteiger partial charge on any atom is -0.497 e. The number of hydrogen-bond acceptors (Lipinski definition) is 4. The topological polar surface area (TPSA) is 61.5 Å². The van der Waals surface area contributed by atoms with E-state index < -0.39 is 0 Å². The van der Waals surface area contributed by atoms with Crippen LogP contribution in [0.25, 0.3) is 0 Å². The molecule has 94 valence electrons. The van der Waals surface area contributed by atoms with E-state index in [1.54, 1.807) is 32.4 Å². The Labute approximate surface area is 102 Å². The van der Waals surface area contributed by atoms with Crippen molar-refractivity contribution in [2.45, 2.75) is 13.3 Å². The molecule has 17 heavy (non-hydrogen) atoms. The molecule has 0 amide bonds. The third kappa shape index (κ3) is 3.46. The Morgan fingerprint density at radius 1 is 1.41 bits per heavy atom. The molecule has 0 heterocycles. The zero-order chi connectivity index (χ0) is 12.8. The summed E-state index contributed by atoms with van der Waals surface area (Å²) in [5, 5.41) is 0. The maximum atomic E-state index is 12.1. The molecule has 1 aromatic carbocycles. The molecule has 0 saturated heterocycles. The van der Waals surface area contributed by atoms with Crippen LogP contribution in [0, 0.1) is 5.92 Å². The smallest absolute Gasteiger partial charge is 0.167 e. The first-order valence-electron chi connectivity index (χ1n) is 5.56. The summed E-state index contributed by atoms with van der Waals surface area (Å²) in [5.41, 5.74) is 6.84. The molecule has 0 aliphatic heterocycles. The number of Topliss-reactive ketones (excluding diaryl/α,β-unsaturated/α-hetero) is 1. The molecular weight excluding hydrogens is 218 g/mol. The van der Waals surface area contributed by atoms with E-state index in [2.05, 4.69) is 0 Å². The fraction of sp³-hybridized carbons (Fsp3) is 0.462. The van der Waals surface area contributed by atoms with E-state index >= 15 is 0 Å². The normalized spacial score (nSPS) is 12.2. The standard InChI is InChI=1S/C13H19NO3/c1-9(6-7-16-2)13(15)11-5-4-10(17-3)8-12(11)14/h4-5,8-9H,6-7,14H2,1-3H3. The van der Waals surface area contributed by atoms with Gasteiger partial charge in [0, 0.05) is 37.0 Å². The van der Waals surface area contributed by atoms with E-state index in [1.807, 2.05) is 6.92 Å². The lowest BCUT2D eigenvalue weighted by molar-refractivity contribution is 0.0894. The molecule has 1 unspecified atom stereocenters. The summed E-state index contributed by atoms with van der Waals surface area (Å²) in [7, 11) is 3.19.